The molecule has 0 unspecified atom stereocenters. The lowest BCUT2D eigenvalue weighted by Gasteiger charge is -2.39. The van der Waals surface area contributed by atoms with Crippen molar-refractivity contribution in [2.75, 3.05) is 26.2 Å². The number of amides is 1. The minimum atomic E-state index is -0.247. The van der Waals surface area contributed by atoms with E-state index in [4.69, 9.17) is 0 Å². The van der Waals surface area contributed by atoms with Crippen LogP contribution in [0.25, 0.3) is 11.4 Å². The zero-order chi connectivity index (χ0) is 18.9. The topological polar surface area (TPSA) is 91.0 Å². The molecule has 2 fully saturated rings. The lowest BCUT2D eigenvalue weighted by Crippen LogP contribution is -2.45. The summed E-state index contributed by atoms with van der Waals surface area (Å²) in [4.78, 5) is 38.5. The maximum atomic E-state index is 12.7. The van der Waals surface area contributed by atoms with Crippen LogP contribution in [-0.4, -0.2) is 51.9 Å². The molecule has 2 N–H and O–H groups in total. The highest BCUT2D eigenvalue weighted by molar-refractivity contribution is 5.79. The summed E-state index contributed by atoms with van der Waals surface area (Å²) >= 11 is 0. The number of hydrogen-bond donors (Lipinski definition) is 2. The summed E-state index contributed by atoms with van der Waals surface area (Å²) in [6.07, 6.45) is 6.72. The fourth-order valence-corrected chi connectivity index (χ4v) is 4.17. The molecule has 0 aliphatic carbocycles. The maximum absolute atomic E-state index is 12.7. The number of aromatic nitrogens is 3. The second-order valence-corrected chi connectivity index (χ2v) is 7.70. The van der Waals surface area contributed by atoms with Crippen molar-refractivity contribution in [2.24, 2.45) is 5.41 Å². The van der Waals surface area contributed by atoms with Crippen LogP contribution in [0, 0.1) is 12.3 Å². The number of hydrogen-bond acceptors (Lipinski definition) is 5. The van der Waals surface area contributed by atoms with Crippen molar-refractivity contribution in [3.8, 4) is 11.4 Å². The van der Waals surface area contributed by atoms with E-state index >= 15 is 0 Å². The van der Waals surface area contributed by atoms with E-state index in [0.29, 0.717) is 22.5 Å². The summed E-state index contributed by atoms with van der Waals surface area (Å²) < 4.78 is 0. The second-order valence-electron chi connectivity index (χ2n) is 7.70. The van der Waals surface area contributed by atoms with Gasteiger partial charge in [0.1, 0.15) is 5.82 Å². The predicted octanol–water partition coefficient (Wildman–Crippen LogP) is 1.28. The first kappa shape index (κ1) is 17.9. The number of carbonyl (C=O) groups is 1. The molecule has 27 heavy (non-hydrogen) atoms. The number of pyridine rings is 1. The maximum Gasteiger partial charge on any atom is 0.255 e. The number of likely N-dealkylation sites (tertiary alicyclic amines) is 1. The lowest BCUT2D eigenvalue weighted by molar-refractivity contribution is -0.132. The average Bonchev–Trinajstić information content (AvgIpc) is 3.13. The molecule has 2 saturated heterocycles. The number of rotatable bonds is 3. The molecule has 7 nitrogen and oxygen atoms in total. The summed E-state index contributed by atoms with van der Waals surface area (Å²) in [5.74, 6) is 0.496. The van der Waals surface area contributed by atoms with Gasteiger partial charge in [0.05, 0.1) is 6.42 Å². The molecule has 0 atom stereocenters. The summed E-state index contributed by atoms with van der Waals surface area (Å²) in [5.41, 5.74) is 1.93. The van der Waals surface area contributed by atoms with E-state index < -0.39 is 0 Å². The summed E-state index contributed by atoms with van der Waals surface area (Å²) in [6, 6.07) is 3.64. The molecule has 2 aromatic heterocycles. The normalized spacial score (nSPS) is 18.8. The number of H-pyrrole nitrogens is 1. The van der Waals surface area contributed by atoms with Gasteiger partial charge >= 0.3 is 0 Å². The highest BCUT2D eigenvalue weighted by Gasteiger charge is 2.38. The van der Waals surface area contributed by atoms with E-state index in [0.717, 1.165) is 44.6 Å². The number of piperidine rings is 1. The molecule has 4 rings (SSSR count). The van der Waals surface area contributed by atoms with Crippen molar-refractivity contribution in [1.29, 1.82) is 0 Å². The predicted molar refractivity (Wildman–Crippen MR) is 102 cm³/mol. The van der Waals surface area contributed by atoms with Crippen molar-refractivity contribution < 1.29 is 4.79 Å². The number of aromatic amines is 1. The van der Waals surface area contributed by atoms with E-state index in [1.807, 2.05) is 11.0 Å². The first-order valence-electron chi connectivity index (χ1n) is 9.55. The van der Waals surface area contributed by atoms with E-state index in [1.54, 1.807) is 25.4 Å². The van der Waals surface area contributed by atoms with Gasteiger partial charge in [-0.15, -0.1) is 0 Å². The van der Waals surface area contributed by atoms with Gasteiger partial charge < -0.3 is 15.2 Å². The Morgan fingerprint density at radius 3 is 2.74 bits per heavy atom. The molecule has 1 amide bonds. The van der Waals surface area contributed by atoms with Crippen molar-refractivity contribution in [3.63, 3.8) is 0 Å². The minimum absolute atomic E-state index is 0.0142. The molecule has 0 radical (unpaired) electrons. The fourth-order valence-electron chi connectivity index (χ4n) is 4.17. The van der Waals surface area contributed by atoms with Crippen LogP contribution in [-0.2, 0) is 11.2 Å². The first-order chi connectivity index (χ1) is 13.1. The zero-order valence-electron chi connectivity index (χ0n) is 15.6. The Bertz CT molecular complexity index is 877. The van der Waals surface area contributed by atoms with Crippen LogP contribution in [0.2, 0.25) is 0 Å². The Hall–Kier alpha value is -2.54. The number of aryl methyl sites for hydroxylation is 1. The van der Waals surface area contributed by atoms with Gasteiger partial charge in [0.2, 0.25) is 5.91 Å². The van der Waals surface area contributed by atoms with Gasteiger partial charge in [-0.1, -0.05) is 0 Å². The van der Waals surface area contributed by atoms with Crippen LogP contribution in [0.3, 0.4) is 0 Å². The van der Waals surface area contributed by atoms with Gasteiger partial charge in [0.25, 0.3) is 5.56 Å². The molecule has 4 heterocycles. The van der Waals surface area contributed by atoms with Gasteiger partial charge in [0, 0.05) is 48.8 Å². The molecule has 142 valence electrons. The third kappa shape index (κ3) is 3.64. The third-order valence-electron chi connectivity index (χ3n) is 5.99. The molecule has 7 heteroatoms. The van der Waals surface area contributed by atoms with Crippen molar-refractivity contribution in [3.05, 3.63) is 46.1 Å². The summed E-state index contributed by atoms with van der Waals surface area (Å²) in [7, 11) is 0. The van der Waals surface area contributed by atoms with Crippen LogP contribution < -0.4 is 10.9 Å². The molecule has 1 spiro atoms. The van der Waals surface area contributed by atoms with E-state index in [-0.39, 0.29) is 17.9 Å². The van der Waals surface area contributed by atoms with Crippen molar-refractivity contribution >= 4 is 5.91 Å². The highest BCUT2D eigenvalue weighted by atomic mass is 16.2. The average molecular weight is 367 g/mol. The monoisotopic (exact) mass is 367 g/mol. The third-order valence-corrected chi connectivity index (χ3v) is 5.99. The Morgan fingerprint density at radius 1 is 1.30 bits per heavy atom. The van der Waals surface area contributed by atoms with Crippen LogP contribution in [0.15, 0.2) is 29.3 Å². The lowest BCUT2D eigenvalue weighted by atomic mass is 9.78. The molecular formula is C20H25N5O2. The van der Waals surface area contributed by atoms with Gasteiger partial charge in [-0.3, -0.25) is 14.6 Å². The standard InChI is InChI=1S/C20H25N5O2/c1-14-16(19(27)24-18(23-14)15-3-2-7-21-12-15)11-17(26)25-9-5-20(6-10-25)4-8-22-13-20/h2-3,7,12,22H,4-6,8-11,13H2,1H3,(H,23,24,27). The minimum Gasteiger partial charge on any atom is -0.342 e. The summed E-state index contributed by atoms with van der Waals surface area (Å²) in [6.45, 7) is 5.48. The molecule has 0 aromatic carbocycles. The van der Waals surface area contributed by atoms with Gasteiger partial charge in [-0.05, 0) is 50.3 Å². The van der Waals surface area contributed by atoms with E-state index in [1.165, 1.54) is 6.42 Å². The Labute approximate surface area is 158 Å². The quantitative estimate of drug-likeness (QED) is 0.853. The Morgan fingerprint density at radius 2 is 2.11 bits per heavy atom. The van der Waals surface area contributed by atoms with Crippen LogP contribution in [0.5, 0.6) is 0 Å². The van der Waals surface area contributed by atoms with Crippen molar-refractivity contribution in [2.45, 2.75) is 32.6 Å². The molecule has 2 aliphatic heterocycles. The van der Waals surface area contributed by atoms with Crippen LogP contribution in [0.4, 0.5) is 0 Å². The van der Waals surface area contributed by atoms with Crippen LogP contribution in [0.1, 0.15) is 30.5 Å². The van der Waals surface area contributed by atoms with Gasteiger partial charge in [-0.2, -0.15) is 0 Å². The number of nitrogens with zero attached hydrogens (tertiary/aromatic N) is 3. The molecule has 2 aliphatic rings. The molecule has 2 aromatic rings. The molecule has 0 bridgehead atoms. The van der Waals surface area contributed by atoms with E-state index in [2.05, 4.69) is 20.3 Å². The first-order valence-corrected chi connectivity index (χ1v) is 9.55. The zero-order valence-corrected chi connectivity index (χ0v) is 15.6. The van der Waals surface area contributed by atoms with E-state index in [9.17, 15) is 9.59 Å². The Kier molecular flexibility index (Phi) is 4.78. The fraction of sp³-hybridized carbons (Fsp3) is 0.500. The van der Waals surface area contributed by atoms with Crippen molar-refractivity contribution in [1.82, 2.24) is 25.2 Å². The van der Waals surface area contributed by atoms with Gasteiger partial charge in [0.15, 0.2) is 0 Å². The summed E-state index contributed by atoms with van der Waals surface area (Å²) in [5, 5.41) is 3.44. The number of carbonyl (C=O) groups excluding carboxylic acids is 1. The second kappa shape index (κ2) is 7.23. The SMILES string of the molecule is Cc1nc(-c2cccnc2)[nH]c(=O)c1CC(=O)N1CCC2(CCNC2)CC1. The Balaban J connectivity index is 1.46. The smallest absolute Gasteiger partial charge is 0.255 e. The molecular weight excluding hydrogens is 342 g/mol. The highest BCUT2D eigenvalue weighted by Crippen LogP contribution is 2.36. The largest absolute Gasteiger partial charge is 0.342 e. The molecule has 0 saturated carbocycles. The van der Waals surface area contributed by atoms with Gasteiger partial charge in [-0.25, -0.2) is 4.98 Å². The van der Waals surface area contributed by atoms with Crippen LogP contribution >= 0.6 is 0 Å². The number of nitrogens with one attached hydrogen (secondary N) is 2.